The van der Waals surface area contributed by atoms with Crippen molar-refractivity contribution in [1.29, 1.82) is 0 Å². The van der Waals surface area contributed by atoms with Crippen LogP contribution in [0.2, 0.25) is 0 Å². The summed E-state index contributed by atoms with van der Waals surface area (Å²) in [4.78, 5) is 0. The molecule has 23 heavy (non-hydrogen) atoms. The van der Waals surface area contributed by atoms with Gasteiger partial charge in [-0.25, -0.2) is 8.78 Å². The normalized spacial score (nSPS) is 10.9. The Kier molecular flexibility index (Phi) is 4.89. The Hall–Kier alpha value is -2.55. The van der Waals surface area contributed by atoms with Crippen LogP contribution >= 0.6 is 0 Å². The number of hydrogen-bond acceptors (Lipinski definition) is 1. The molecule has 0 unspecified atom stereocenters. The van der Waals surface area contributed by atoms with Crippen molar-refractivity contribution in [2.75, 3.05) is 6.61 Å². The van der Waals surface area contributed by atoms with Crippen molar-refractivity contribution >= 4 is 0 Å². The fourth-order valence-corrected chi connectivity index (χ4v) is 1.90. The molecule has 0 atom stereocenters. The lowest BCUT2D eigenvalue weighted by molar-refractivity contribution is -0.0696. The van der Waals surface area contributed by atoms with Gasteiger partial charge in [0, 0.05) is 5.92 Å². The number of halogens is 5. The van der Waals surface area contributed by atoms with Gasteiger partial charge in [-0.2, -0.15) is 13.2 Å². The summed E-state index contributed by atoms with van der Waals surface area (Å²) in [6.07, 6.45) is -4.81. The molecule has 0 aliphatic carbocycles. The lowest BCUT2D eigenvalue weighted by Gasteiger charge is -2.07. The van der Waals surface area contributed by atoms with Crippen LogP contribution in [0.3, 0.4) is 0 Å². The van der Waals surface area contributed by atoms with Crippen molar-refractivity contribution in [3.8, 4) is 28.7 Å². The zero-order valence-corrected chi connectivity index (χ0v) is 12.0. The number of hydrogen-bond donors (Lipinski definition) is 0. The van der Waals surface area contributed by atoms with Crippen LogP contribution in [-0.4, -0.2) is 12.8 Å². The maximum Gasteiger partial charge on any atom is 0.458 e. The van der Waals surface area contributed by atoms with E-state index in [1.54, 1.807) is 24.3 Å². The van der Waals surface area contributed by atoms with Crippen LogP contribution in [0.5, 0.6) is 5.75 Å². The van der Waals surface area contributed by atoms with E-state index in [2.05, 4.69) is 0 Å². The summed E-state index contributed by atoms with van der Waals surface area (Å²) in [5.74, 6) is 0.641. The van der Waals surface area contributed by atoms with E-state index in [0.29, 0.717) is 17.9 Å². The zero-order valence-electron chi connectivity index (χ0n) is 12.0. The first kappa shape index (κ1) is 16.8. The highest BCUT2D eigenvalue weighted by atomic mass is 19.4. The molecule has 120 valence electrons. The molecular weight excluding hydrogens is 315 g/mol. The zero-order chi connectivity index (χ0) is 17.0. The Bertz CT molecular complexity index is 728. The molecule has 2 aromatic carbocycles. The first-order chi connectivity index (χ1) is 10.8. The van der Waals surface area contributed by atoms with Crippen molar-refractivity contribution in [2.24, 2.45) is 0 Å². The van der Waals surface area contributed by atoms with Gasteiger partial charge in [-0.3, -0.25) is 0 Å². The predicted octanol–water partition coefficient (Wildman–Crippen LogP) is 4.94. The van der Waals surface area contributed by atoms with E-state index in [1.165, 1.54) is 5.92 Å². The fraction of sp³-hybridized carbons (Fsp3) is 0.176. The summed E-state index contributed by atoms with van der Waals surface area (Å²) in [6, 6.07) is 8.34. The van der Waals surface area contributed by atoms with Crippen molar-refractivity contribution in [3.05, 3.63) is 53.6 Å². The van der Waals surface area contributed by atoms with Gasteiger partial charge >= 0.3 is 6.18 Å². The van der Waals surface area contributed by atoms with Crippen LogP contribution in [0.25, 0.3) is 11.1 Å². The average Bonchev–Trinajstić information content (AvgIpc) is 2.46. The van der Waals surface area contributed by atoms with Gasteiger partial charge in [-0.1, -0.05) is 18.1 Å². The lowest BCUT2D eigenvalue weighted by Crippen LogP contribution is -2.02. The fourth-order valence-electron chi connectivity index (χ4n) is 1.90. The van der Waals surface area contributed by atoms with Crippen molar-refractivity contribution < 1.29 is 26.7 Å². The molecule has 0 aliphatic heterocycles. The smallest absolute Gasteiger partial charge is 0.458 e. The van der Waals surface area contributed by atoms with Gasteiger partial charge in [-0.05, 0) is 42.3 Å². The van der Waals surface area contributed by atoms with E-state index in [0.717, 1.165) is 18.1 Å². The minimum atomic E-state index is -4.81. The first-order valence-corrected chi connectivity index (χ1v) is 6.62. The Morgan fingerprint density at radius 1 is 0.957 bits per heavy atom. The summed E-state index contributed by atoms with van der Waals surface area (Å²) in [5.41, 5.74) is -0.209. The molecule has 6 heteroatoms. The average molecular weight is 326 g/mol. The SMILES string of the molecule is CCOc1ccc(-c2cc(F)c(C#CC(F)(F)F)c(F)c2)cc1. The molecular formula is C17H11F5O. The van der Waals surface area contributed by atoms with E-state index in [4.69, 9.17) is 4.74 Å². The molecule has 0 aliphatic rings. The largest absolute Gasteiger partial charge is 0.494 e. The van der Waals surface area contributed by atoms with Gasteiger partial charge in [0.05, 0.1) is 12.2 Å². The molecule has 1 nitrogen and oxygen atoms in total. The summed E-state index contributed by atoms with van der Waals surface area (Å²) in [7, 11) is 0. The molecule has 0 radical (unpaired) electrons. The predicted molar refractivity (Wildman–Crippen MR) is 75.9 cm³/mol. The molecule has 0 N–H and O–H groups in total. The Balaban J connectivity index is 2.37. The van der Waals surface area contributed by atoms with Crippen LogP contribution in [0, 0.1) is 23.5 Å². The molecule has 0 aromatic heterocycles. The maximum atomic E-state index is 13.8. The van der Waals surface area contributed by atoms with E-state index >= 15 is 0 Å². The standard InChI is InChI=1S/C17H11F5O/c1-2-23-13-5-3-11(4-6-13)12-9-15(18)14(16(19)10-12)7-8-17(20,21)22/h3-6,9-10H,2H2,1H3. The Labute approximate surface area is 129 Å². The highest BCUT2D eigenvalue weighted by Crippen LogP contribution is 2.26. The molecule has 0 saturated heterocycles. The van der Waals surface area contributed by atoms with Crippen LogP contribution in [0.4, 0.5) is 22.0 Å². The van der Waals surface area contributed by atoms with Crippen LogP contribution in [-0.2, 0) is 0 Å². The van der Waals surface area contributed by atoms with Crippen LogP contribution in [0.1, 0.15) is 12.5 Å². The molecule has 0 heterocycles. The molecule has 0 saturated carbocycles. The highest BCUT2D eigenvalue weighted by molar-refractivity contribution is 5.65. The van der Waals surface area contributed by atoms with Crippen LogP contribution in [0.15, 0.2) is 36.4 Å². The molecule has 0 fully saturated rings. The quantitative estimate of drug-likeness (QED) is 0.573. The Morgan fingerprint density at radius 3 is 2.00 bits per heavy atom. The second-order valence-corrected chi connectivity index (χ2v) is 4.52. The van der Waals surface area contributed by atoms with Gasteiger partial charge in [-0.15, -0.1) is 0 Å². The second kappa shape index (κ2) is 6.69. The van der Waals surface area contributed by atoms with Gasteiger partial charge in [0.1, 0.15) is 17.4 Å². The number of rotatable bonds is 3. The monoisotopic (exact) mass is 326 g/mol. The number of benzene rings is 2. The number of ether oxygens (including phenoxy) is 1. The van der Waals surface area contributed by atoms with Gasteiger partial charge < -0.3 is 4.74 Å². The van der Waals surface area contributed by atoms with Gasteiger partial charge in [0.2, 0.25) is 0 Å². The van der Waals surface area contributed by atoms with Gasteiger partial charge in [0.25, 0.3) is 0 Å². The summed E-state index contributed by atoms with van der Waals surface area (Å²) in [6.45, 7) is 2.30. The van der Waals surface area contributed by atoms with E-state index in [-0.39, 0.29) is 5.56 Å². The summed E-state index contributed by atoms with van der Waals surface area (Å²) in [5, 5.41) is 0. The third-order valence-corrected chi connectivity index (χ3v) is 2.87. The minimum Gasteiger partial charge on any atom is -0.494 e. The number of alkyl halides is 3. The molecule has 2 rings (SSSR count). The van der Waals surface area contributed by atoms with Crippen molar-refractivity contribution in [3.63, 3.8) is 0 Å². The van der Waals surface area contributed by atoms with Crippen molar-refractivity contribution in [1.82, 2.24) is 0 Å². The molecule has 0 spiro atoms. The third-order valence-electron chi connectivity index (χ3n) is 2.87. The minimum absolute atomic E-state index is 0.195. The van der Waals surface area contributed by atoms with E-state index < -0.39 is 23.4 Å². The highest BCUT2D eigenvalue weighted by Gasteiger charge is 2.23. The topological polar surface area (TPSA) is 9.23 Å². The summed E-state index contributed by atoms with van der Waals surface area (Å²) >= 11 is 0. The summed E-state index contributed by atoms with van der Waals surface area (Å²) < 4.78 is 69.0. The molecule has 2 aromatic rings. The van der Waals surface area contributed by atoms with Crippen molar-refractivity contribution in [2.45, 2.75) is 13.1 Å². The van der Waals surface area contributed by atoms with E-state index in [9.17, 15) is 22.0 Å². The third kappa shape index (κ3) is 4.46. The lowest BCUT2D eigenvalue weighted by atomic mass is 10.0. The van der Waals surface area contributed by atoms with Crippen LogP contribution < -0.4 is 4.74 Å². The first-order valence-electron chi connectivity index (χ1n) is 6.62. The molecule has 0 amide bonds. The Morgan fingerprint density at radius 2 is 1.52 bits per heavy atom. The van der Waals surface area contributed by atoms with E-state index in [1.807, 2.05) is 6.92 Å². The molecule has 0 bridgehead atoms. The second-order valence-electron chi connectivity index (χ2n) is 4.52. The van der Waals surface area contributed by atoms with Gasteiger partial charge in [0.15, 0.2) is 0 Å². The maximum absolute atomic E-state index is 13.8.